The van der Waals surface area contributed by atoms with Gasteiger partial charge in [-0.05, 0) is 6.07 Å². The predicted molar refractivity (Wildman–Crippen MR) is 49.7 cm³/mol. The summed E-state index contributed by atoms with van der Waals surface area (Å²) in [6, 6.07) is 2.38. The number of carboxylic acid groups (broad SMARTS) is 1. The molecule has 1 heterocycles. The first-order valence-electron chi connectivity index (χ1n) is 4.15. The van der Waals surface area contributed by atoms with E-state index >= 15 is 0 Å². The van der Waals surface area contributed by atoms with E-state index in [-0.39, 0.29) is 11.4 Å². The van der Waals surface area contributed by atoms with Crippen LogP contribution in [0.15, 0.2) is 6.07 Å². The molecule has 0 radical (unpaired) electrons. The summed E-state index contributed by atoms with van der Waals surface area (Å²) in [6.45, 7) is 0. The van der Waals surface area contributed by atoms with E-state index in [1.54, 1.807) is 0 Å². The topological polar surface area (TPSA) is 100 Å². The van der Waals surface area contributed by atoms with Gasteiger partial charge in [0, 0.05) is 5.56 Å². The van der Waals surface area contributed by atoms with Crippen LogP contribution in [-0.2, 0) is 11.2 Å². The largest absolute Gasteiger partial charge is 0.481 e. The zero-order valence-electron chi connectivity index (χ0n) is 7.94. The van der Waals surface area contributed by atoms with Crippen molar-refractivity contribution in [2.45, 2.75) is 12.8 Å². The number of anilines is 1. The van der Waals surface area contributed by atoms with E-state index in [9.17, 15) is 13.6 Å². The number of carboxylic acids is 1. The molecular weight excluding hydrogens is 220 g/mol. The summed E-state index contributed by atoms with van der Waals surface area (Å²) in [5.74, 6) is -1.43. The van der Waals surface area contributed by atoms with Gasteiger partial charge in [0.25, 0.3) is 6.43 Å². The Morgan fingerprint density at radius 2 is 2.31 bits per heavy atom. The molecule has 0 bridgehead atoms. The predicted octanol–water partition coefficient (Wildman–Crippen LogP) is 1.10. The van der Waals surface area contributed by atoms with Crippen molar-refractivity contribution in [3.05, 3.63) is 22.9 Å². The standard InChI is InChI=1S/C9H7F2N3O2/c10-8(11)5-1-4(2-7(15)16)9(13)14-6(5)3-12/h1,8H,2H2,(H2,13,14)(H,15,16). The van der Waals surface area contributed by atoms with E-state index in [0.29, 0.717) is 0 Å². The molecule has 3 N–H and O–H groups in total. The third kappa shape index (κ3) is 2.42. The quantitative estimate of drug-likeness (QED) is 0.805. The molecule has 16 heavy (non-hydrogen) atoms. The van der Waals surface area contributed by atoms with Crippen molar-refractivity contribution in [3.8, 4) is 6.07 Å². The number of carbonyl (C=O) groups is 1. The second kappa shape index (κ2) is 4.53. The van der Waals surface area contributed by atoms with E-state index in [1.165, 1.54) is 6.07 Å². The van der Waals surface area contributed by atoms with Crippen molar-refractivity contribution in [3.63, 3.8) is 0 Å². The van der Waals surface area contributed by atoms with Crippen LogP contribution in [0.1, 0.15) is 23.2 Å². The van der Waals surface area contributed by atoms with E-state index in [2.05, 4.69) is 4.98 Å². The van der Waals surface area contributed by atoms with Crippen LogP contribution < -0.4 is 5.73 Å². The Balaban J connectivity index is 3.28. The molecule has 0 aliphatic carbocycles. The molecule has 0 unspecified atom stereocenters. The molecule has 1 rings (SSSR count). The minimum atomic E-state index is -2.89. The van der Waals surface area contributed by atoms with Crippen LogP contribution in [0.4, 0.5) is 14.6 Å². The van der Waals surface area contributed by atoms with Crippen LogP contribution >= 0.6 is 0 Å². The fraction of sp³-hybridized carbons (Fsp3) is 0.222. The highest BCUT2D eigenvalue weighted by molar-refractivity contribution is 5.72. The van der Waals surface area contributed by atoms with Gasteiger partial charge in [-0.25, -0.2) is 13.8 Å². The summed E-state index contributed by atoms with van der Waals surface area (Å²) in [7, 11) is 0. The Kier molecular flexibility index (Phi) is 3.35. The van der Waals surface area contributed by atoms with Crippen LogP contribution in [0.2, 0.25) is 0 Å². The van der Waals surface area contributed by atoms with Gasteiger partial charge >= 0.3 is 5.97 Å². The first-order valence-corrected chi connectivity index (χ1v) is 4.15. The summed E-state index contributed by atoms with van der Waals surface area (Å²) in [6.07, 6.45) is -3.40. The fourth-order valence-corrected chi connectivity index (χ4v) is 1.15. The third-order valence-electron chi connectivity index (χ3n) is 1.85. The molecule has 0 saturated carbocycles. The molecule has 0 fully saturated rings. The number of hydrogen-bond acceptors (Lipinski definition) is 4. The minimum absolute atomic E-state index is 0.0261. The Morgan fingerprint density at radius 1 is 1.69 bits per heavy atom. The average Bonchev–Trinajstić information content (AvgIpc) is 2.19. The minimum Gasteiger partial charge on any atom is -0.481 e. The first-order chi connectivity index (χ1) is 7.45. The smallest absolute Gasteiger partial charge is 0.307 e. The molecule has 0 aliphatic heterocycles. The summed E-state index contributed by atoms with van der Waals surface area (Å²) < 4.78 is 25.0. The zero-order valence-corrected chi connectivity index (χ0v) is 7.94. The monoisotopic (exact) mass is 227 g/mol. The lowest BCUT2D eigenvalue weighted by Crippen LogP contribution is -2.08. The zero-order chi connectivity index (χ0) is 12.3. The van der Waals surface area contributed by atoms with Gasteiger partial charge in [0.1, 0.15) is 11.9 Å². The molecule has 1 aromatic rings. The Bertz CT molecular complexity index is 469. The SMILES string of the molecule is N#Cc1nc(N)c(CC(=O)O)cc1C(F)F. The lowest BCUT2D eigenvalue weighted by molar-refractivity contribution is -0.136. The molecule has 5 nitrogen and oxygen atoms in total. The van der Waals surface area contributed by atoms with Gasteiger partial charge in [0.05, 0.1) is 12.0 Å². The molecule has 1 aromatic heterocycles. The number of aromatic nitrogens is 1. The molecule has 0 saturated heterocycles. The van der Waals surface area contributed by atoms with Gasteiger partial charge in [-0.3, -0.25) is 4.79 Å². The van der Waals surface area contributed by atoms with Crippen molar-refractivity contribution in [2.24, 2.45) is 0 Å². The van der Waals surface area contributed by atoms with Crippen LogP contribution in [0, 0.1) is 11.3 Å². The number of aliphatic carboxylic acids is 1. The lowest BCUT2D eigenvalue weighted by atomic mass is 10.1. The van der Waals surface area contributed by atoms with Gasteiger partial charge in [-0.1, -0.05) is 0 Å². The van der Waals surface area contributed by atoms with E-state index in [4.69, 9.17) is 16.1 Å². The number of alkyl halides is 2. The van der Waals surface area contributed by atoms with E-state index in [1.807, 2.05) is 0 Å². The van der Waals surface area contributed by atoms with Crippen molar-refractivity contribution in [2.75, 3.05) is 5.73 Å². The van der Waals surface area contributed by atoms with Crippen LogP contribution in [0.3, 0.4) is 0 Å². The third-order valence-corrected chi connectivity index (χ3v) is 1.85. The summed E-state index contributed by atoms with van der Waals surface area (Å²) >= 11 is 0. The Labute approximate surface area is 89.1 Å². The Morgan fingerprint density at radius 3 is 2.75 bits per heavy atom. The number of nitrogens with zero attached hydrogens (tertiary/aromatic N) is 2. The molecule has 0 atom stereocenters. The molecule has 0 aliphatic rings. The number of nitrogens with two attached hydrogens (primary N) is 1. The number of rotatable bonds is 3. The fourth-order valence-electron chi connectivity index (χ4n) is 1.15. The van der Waals surface area contributed by atoms with Gasteiger partial charge in [0.2, 0.25) is 0 Å². The molecule has 84 valence electrons. The van der Waals surface area contributed by atoms with Crippen LogP contribution in [0.5, 0.6) is 0 Å². The molecular formula is C9H7F2N3O2. The summed E-state index contributed by atoms with van der Waals surface area (Å²) in [4.78, 5) is 13.9. The number of halogens is 2. The number of nitriles is 1. The van der Waals surface area contributed by atoms with Gasteiger partial charge in [-0.15, -0.1) is 0 Å². The van der Waals surface area contributed by atoms with Gasteiger partial charge < -0.3 is 10.8 Å². The normalized spacial score (nSPS) is 10.1. The van der Waals surface area contributed by atoms with E-state index in [0.717, 1.165) is 6.07 Å². The van der Waals surface area contributed by atoms with Gasteiger partial charge in [-0.2, -0.15) is 5.26 Å². The number of pyridine rings is 1. The highest BCUT2D eigenvalue weighted by atomic mass is 19.3. The van der Waals surface area contributed by atoms with Crippen molar-refractivity contribution in [1.82, 2.24) is 4.98 Å². The van der Waals surface area contributed by atoms with E-state index < -0.39 is 30.1 Å². The highest BCUT2D eigenvalue weighted by Gasteiger charge is 2.18. The molecule has 7 heteroatoms. The van der Waals surface area contributed by atoms with Gasteiger partial charge in [0.15, 0.2) is 5.69 Å². The van der Waals surface area contributed by atoms with Crippen molar-refractivity contribution in [1.29, 1.82) is 5.26 Å². The lowest BCUT2D eigenvalue weighted by Gasteiger charge is -2.07. The Hall–Kier alpha value is -2.23. The second-order valence-electron chi connectivity index (χ2n) is 2.95. The number of nitrogen functional groups attached to an aromatic ring is 1. The highest BCUT2D eigenvalue weighted by Crippen LogP contribution is 2.25. The first kappa shape index (κ1) is 11.8. The molecule has 0 amide bonds. The summed E-state index contributed by atoms with van der Waals surface area (Å²) in [5, 5.41) is 17.1. The van der Waals surface area contributed by atoms with Crippen molar-refractivity contribution < 1.29 is 18.7 Å². The van der Waals surface area contributed by atoms with Crippen LogP contribution in [0.25, 0.3) is 0 Å². The maximum Gasteiger partial charge on any atom is 0.307 e. The maximum absolute atomic E-state index is 12.5. The van der Waals surface area contributed by atoms with Crippen molar-refractivity contribution >= 4 is 11.8 Å². The molecule has 0 spiro atoms. The average molecular weight is 227 g/mol. The van der Waals surface area contributed by atoms with Crippen LogP contribution in [-0.4, -0.2) is 16.1 Å². The maximum atomic E-state index is 12.5. The number of hydrogen-bond donors (Lipinski definition) is 2. The summed E-state index contributed by atoms with van der Waals surface area (Å²) in [5.41, 5.74) is 4.23. The second-order valence-corrected chi connectivity index (χ2v) is 2.95. The molecule has 0 aromatic carbocycles.